The average Bonchev–Trinajstić information content (AvgIpc) is 2.67. The topological polar surface area (TPSA) is 35.0 Å². The second kappa shape index (κ2) is 11.5. The highest BCUT2D eigenvalue weighted by Crippen LogP contribution is 2.29. The van der Waals surface area contributed by atoms with Crippen molar-refractivity contribution >= 4 is 23.2 Å². The van der Waals surface area contributed by atoms with Crippen molar-refractivity contribution in [1.29, 1.82) is 0 Å². The molecule has 3 nitrogen and oxygen atoms in total. The van der Waals surface area contributed by atoms with Crippen LogP contribution in [0, 0.1) is 5.92 Å². The van der Waals surface area contributed by atoms with Crippen LogP contribution in [0.5, 0.6) is 5.75 Å². The molecule has 27 heavy (non-hydrogen) atoms. The highest BCUT2D eigenvalue weighted by Gasteiger charge is 2.15. The molecule has 0 saturated carbocycles. The molecule has 0 radical (unpaired) electrons. The smallest absolute Gasteiger partial charge is 0.162 e. The molecule has 0 saturated heterocycles. The summed E-state index contributed by atoms with van der Waals surface area (Å²) in [6.07, 6.45) is 8.01. The van der Waals surface area contributed by atoms with Gasteiger partial charge in [0.1, 0.15) is 16.1 Å². The zero-order valence-corrected chi connectivity index (χ0v) is 18.1. The summed E-state index contributed by atoms with van der Waals surface area (Å²) in [4.78, 5) is 8.91. The van der Waals surface area contributed by atoms with Crippen molar-refractivity contribution in [3.8, 4) is 17.1 Å². The van der Waals surface area contributed by atoms with E-state index < -0.39 is 0 Å². The SMILES string of the molecule is CCCCCCCOc1ccc(-c2nc(Cl)c(C[C@@H](C)CC)c(Cl)n2)cc1. The van der Waals surface area contributed by atoms with Gasteiger partial charge in [-0.3, -0.25) is 0 Å². The van der Waals surface area contributed by atoms with Gasteiger partial charge in [0, 0.05) is 11.1 Å². The number of rotatable bonds is 11. The summed E-state index contributed by atoms with van der Waals surface area (Å²) in [7, 11) is 0. The molecule has 0 spiro atoms. The van der Waals surface area contributed by atoms with Crippen molar-refractivity contribution in [1.82, 2.24) is 9.97 Å². The molecule has 1 heterocycles. The summed E-state index contributed by atoms with van der Waals surface area (Å²) in [6, 6.07) is 7.78. The molecule has 0 bridgehead atoms. The number of hydrogen-bond acceptors (Lipinski definition) is 3. The lowest BCUT2D eigenvalue weighted by molar-refractivity contribution is 0.304. The van der Waals surface area contributed by atoms with E-state index in [2.05, 4.69) is 30.7 Å². The lowest BCUT2D eigenvalue weighted by Gasteiger charge is -2.12. The summed E-state index contributed by atoms with van der Waals surface area (Å²) in [5, 5.41) is 0.885. The van der Waals surface area contributed by atoms with Crippen LogP contribution in [0.25, 0.3) is 11.4 Å². The lowest BCUT2D eigenvalue weighted by atomic mass is 10.0. The lowest BCUT2D eigenvalue weighted by Crippen LogP contribution is -2.03. The number of ether oxygens (including phenoxy) is 1. The van der Waals surface area contributed by atoms with Gasteiger partial charge >= 0.3 is 0 Å². The van der Waals surface area contributed by atoms with Gasteiger partial charge in [-0.15, -0.1) is 0 Å². The Hall–Kier alpha value is -1.32. The first-order valence-electron chi connectivity index (χ1n) is 10.00. The van der Waals surface area contributed by atoms with Crippen LogP contribution in [0.3, 0.4) is 0 Å². The summed E-state index contributed by atoms with van der Waals surface area (Å²) in [5.74, 6) is 1.90. The first kappa shape index (κ1) is 22.0. The van der Waals surface area contributed by atoms with E-state index in [1.165, 1.54) is 25.7 Å². The Labute approximate surface area is 173 Å². The molecule has 0 amide bonds. The number of hydrogen-bond donors (Lipinski definition) is 0. The van der Waals surface area contributed by atoms with Gasteiger partial charge in [-0.05, 0) is 43.0 Å². The summed E-state index contributed by atoms with van der Waals surface area (Å²) in [5.41, 5.74) is 1.71. The normalized spacial score (nSPS) is 12.2. The molecule has 1 aromatic carbocycles. The third-order valence-corrected chi connectivity index (χ3v) is 5.41. The standard InChI is InChI=1S/C22H30Cl2N2O/c1-4-6-7-8-9-14-27-18-12-10-17(11-13-18)22-25-20(23)19(21(24)26-22)15-16(3)5-2/h10-13,16H,4-9,14-15H2,1-3H3/t16-/m0/s1. The molecule has 0 unspecified atom stereocenters. The first-order valence-corrected chi connectivity index (χ1v) is 10.8. The zero-order chi connectivity index (χ0) is 19.6. The van der Waals surface area contributed by atoms with Crippen LogP contribution in [0.15, 0.2) is 24.3 Å². The summed E-state index contributed by atoms with van der Waals surface area (Å²) in [6.45, 7) is 7.29. The Morgan fingerprint density at radius 2 is 1.56 bits per heavy atom. The molecular weight excluding hydrogens is 379 g/mol. The third-order valence-electron chi connectivity index (χ3n) is 4.78. The number of unbranched alkanes of at least 4 members (excludes halogenated alkanes) is 4. The highest BCUT2D eigenvalue weighted by atomic mass is 35.5. The van der Waals surface area contributed by atoms with Gasteiger partial charge in [0.25, 0.3) is 0 Å². The van der Waals surface area contributed by atoms with Gasteiger partial charge in [0.15, 0.2) is 5.82 Å². The second-order valence-corrected chi connectivity index (χ2v) is 7.83. The molecular formula is C22H30Cl2N2O. The van der Waals surface area contributed by atoms with Crippen molar-refractivity contribution in [2.24, 2.45) is 5.92 Å². The fraction of sp³-hybridized carbons (Fsp3) is 0.545. The third kappa shape index (κ3) is 6.97. The van der Waals surface area contributed by atoms with E-state index in [1.54, 1.807) is 0 Å². The Kier molecular flexibility index (Phi) is 9.36. The molecule has 2 aromatic rings. The van der Waals surface area contributed by atoms with Crippen LogP contribution in [-0.2, 0) is 6.42 Å². The maximum atomic E-state index is 6.38. The van der Waals surface area contributed by atoms with Crippen LogP contribution in [0.2, 0.25) is 10.3 Å². The van der Waals surface area contributed by atoms with Gasteiger partial charge in [0.2, 0.25) is 0 Å². The average molecular weight is 409 g/mol. The molecule has 5 heteroatoms. The van der Waals surface area contributed by atoms with E-state index >= 15 is 0 Å². The molecule has 148 valence electrons. The number of benzene rings is 1. The summed E-state index contributed by atoms with van der Waals surface area (Å²) >= 11 is 12.8. The van der Waals surface area contributed by atoms with Gasteiger partial charge in [-0.2, -0.15) is 0 Å². The van der Waals surface area contributed by atoms with E-state index in [-0.39, 0.29) is 0 Å². The van der Waals surface area contributed by atoms with Crippen molar-refractivity contribution in [3.05, 3.63) is 40.1 Å². The van der Waals surface area contributed by atoms with Crippen molar-refractivity contribution in [2.75, 3.05) is 6.61 Å². The van der Waals surface area contributed by atoms with Crippen molar-refractivity contribution in [3.63, 3.8) is 0 Å². The quantitative estimate of drug-likeness (QED) is 0.287. The van der Waals surface area contributed by atoms with Crippen LogP contribution in [0.4, 0.5) is 0 Å². The van der Waals surface area contributed by atoms with E-state index in [0.29, 0.717) is 22.0 Å². The van der Waals surface area contributed by atoms with Gasteiger partial charge in [-0.25, -0.2) is 9.97 Å². The van der Waals surface area contributed by atoms with E-state index in [4.69, 9.17) is 27.9 Å². The molecule has 2 rings (SSSR count). The van der Waals surface area contributed by atoms with Gasteiger partial charge in [0.05, 0.1) is 6.61 Å². The van der Waals surface area contributed by atoms with Crippen LogP contribution in [-0.4, -0.2) is 16.6 Å². The maximum Gasteiger partial charge on any atom is 0.162 e. The number of aromatic nitrogens is 2. The summed E-state index contributed by atoms with van der Waals surface area (Å²) < 4.78 is 5.81. The van der Waals surface area contributed by atoms with E-state index in [0.717, 1.165) is 42.7 Å². The second-order valence-electron chi connectivity index (χ2n) is 7.11. The molecule has 1 aromatic heterocycles. The molecule has 0 N–H and O–H groups in total. The molecule has 0 aliphatic rings. The highest BCUT2D eigenvalue weighted by molar-refractivity contribution is 6.34. The fourth-order valence-corrected chi connectivity index (χ4v) is 3.36. The van der Waals surface area contributed by atoms with Crippen molar-refractivity contribution < 1.29 is 4.74 Å². The Balaban J connectivity index is 1.98. The van der Waals surface area contributed by atoms with Gasteiger partial charge < -0.3 is 4.74 Å². The molecule has 0 aliphatic carbocycles. The molecule has 1 atom stereocenters. The Bertz CT molecular complexity index is 681. The molecule has 0 aliphatic heterocycles. The predicted octanol–water partition coefficient (Wildman–Crippen LogP) is 7.39. The zero-order valence-electron chi connectivity index (χ0n) is 16.6. The van der Waals surface area contributed by atoms with Crippen LogP contribution < -0.4 is 4.74 Å². The Morgan fingerprint density at radius 1 is 0.926 bits per heavy atom. The minimum Gasteiger partial charge on any atom is -0.494 e. The van der Waals surface area contributed by atoms with Crippen LogP contribution in [0.1, 0.15) is 64.9 Å². The van der Waals surface area contributed by atoms with E-state index in [9.17, 15) is 0 Å². The number of halogens is 2. The van der Waals surface area contributed by atoms with Crippen LogP contribution >= 0.6 is 23.2 Å². The first-order chi connectivity index (χ1) is 13.0. The largest absolute Gasteiger partial charge is 0.494 e. The predicted molar refractivity (Wildman–Crippen MR) is 115 cm³/mol. The minimum absolute atomic E-state index is 0.442. The van der Waals surface area contributed by atoms with Gasteiger partial charge in [-0.1, -0.05) is 76.1 Å². The maximum absolute atomic E-state index is 6.38. The molecule has 0 fully saturated rings. The van der Waals surface area contributed by atoms with Crippen molar-refractivity contribution in [2.45, 2.75) is 65.7 Å². The fourth-order valence-electron chi connectivity index (χ4n) is 2.82. The Morgan fingerprint density at radius 3 is 2.15 bits per heavy atom. The monoisotopic (exact) mass is 408 g/mol. The van der Waals surface area contributed by atoms with E-state index in [1.807, 2.05) is 24.3 Å². The minimum atomic E-state index is 0.442. The number of nitrogens with zero attached hydrogens (tertiary/aromatic N) is 2.